The van der Waals surface area contributed by atoms with E-state index in [1.54, 1.807) is 11.1 Å². The monoisotopic (exact) mass is 337 g/mol. The molecular weight excluding hydrogens is 314 g/mol. The predicted octanol–water partition coefficient (Wildman–Crippen LogP) is 2.32. The van der Waals surface area contributed by atoms with Gasteiger partial charge in [-0.25, -0.2) is 0 Å². The van der Waals surface area contributed by atoms with Crippen molar-refractivity contribution >= 4 is 21.5 Å². The maximum atomic E-state index is 2.52. The lowest BCUT2D eigenvalue weighted by molar-refractivity contribution is -0.951. The van der Waals surface area contributed by atoms with Crippen molar-refractivity contribution in [1.82, 2.24) is 0 Å². The van der Waals surface area contributed by atoms with E-state index < -0.39 is 0 Å². The lowest BCUT2D eigenvalue weighted by atomic mass is 9.93. The second-order valence-corrected chi connectivity index (χ2v) is 7.69. The molecule has 2 aliphatic heterocycles. The minimum atomic E-state index is 0. The van der Waals surface area contributed by atoms with Crippen molar-refractivity contribution in [1.29, 1.82) is 0 Å². The van der Waals surface area contributed by atoms with E-state index in [9.17, 15) is 0 Å². The molecule has 0 aliphatic carbocycles. The number of hydrogen-bond acceptors (Lipinski definition) is 0. The number of piperidine rings is 1. The first kappa shape index (κ1) is 15.9. The Morgan fingerprint density at radius 1 is 0.792 bits per heavy atom. The van der Waals surface area contributed by atoms with E-state index in [0.717, 1.165) is 0 Å². The number of hydrogen-bond donors (Lipinski definition) is 0. The third kappa shape index (κ3) is 2.26. The molecule has 2 heteroatoms. The van der Waals surface area contributed by atoms with Gasteiger partial charge in [-0.15, -0.1) is 0 Å². The van der Waals surface area contributed by atoms with Gasteiger partial charge in [-0.2, -0.15) is 0 Å². The molecule has 0 bridgehead atoms. The molecule has 2 aliphatic rings. The van der Waals surface area contributed by atoms with Crippen LogP contribution in [-0.4, -0.2) is 17.6 Å². The number of halogens is 1. The van der Waals surface area contributed by atoms with Crippen LogP contribution in [0, 0.1) is 6.92 Å². The Bertz CT molecular complexity index is 922. The summed E-state index contributed by atoms with van der Waals surface area (Å²) >= 11 is 0. The summed E-state index contributed by atoms with van der Waals surface area (Å²) in [4.78, 5) is 0. The van der Waals surface area contributed by atoms with E-state index in [1.807, 2.05) is 0 Å². The number of benzene rings is 3. The Kier molecular flexibility index (Phi) is 3.82. The van der Waals surface area contributed by atoms with Crippen LogP contribution in [0.2, 0.25) is 0 Å². The molecule has 3 aromatic carbocycles. The van der Waals surface area contributed by atoms with Crippen molar-refractivity contribution in [2.24, 2.45) is 0 Å². The van der Waals surface area contributed by atoms with E-state index in [0.29, 0.717) is 0 Å². The Morgan fingerprint density at radius 3 is 2.42 bits per heavy atom. The van der Waals surface area contributed by atoms with Gasteiger partial charge < -0.3 is 16.9 Å². The van der Waals surface area contributed by atoms with Gasteiger partial charge in [0.25, 0.3) is 0 Å². The zero-order valence-corrected chi connectivity index (χ0v) is 15.1. The van der Waals surface area contributed by atoms with Crippen LogP contribution in [0.25, 0.3) is 21.5 Å². The third-order valence-electron chi connectivity index (χ3n) is 6.30. The zero-order valence-electron chi connectivity index (χ0n) is 14.3. The summed E-state index contributed by atoms with van der Waals surface area (Å²) in [5.74, 6) is 0. The highest BCUT2D eigenvalue weighted by Crippen LogP contribution is 2.40. The molecule has 1 nitrogen and oxygen atoms in total. The maximum Gasteiger partial charge on any atom is 0.105 e. The van der Waals surface area contributed by atoms with Gasteiger partial charge in [-0.05, 0) is 59.4 Å². The molecule has 124 valence electrons. The van der Waals surface area contributed by atoms with Crippen molar-refractivity contribution in [2.45, 2.75) is 39.3 Å². The van der Waals surface area contributed by atoms with Crippen LogP contribution >= 0.6 is 0 Å². The van der Waals surface area contributed by atoms with Crippen LogP contribution < -0.4 is 12.4 Å². The van der Waals surface area contributed by atoms with Crippen molar-refractivity contribution in [3.05, 3.63) is 59.2 Å². The molecule has 0 amide bonds. The van der Waals surface area contributed by atoms with Crippen LogP contribution in [0.3, 0.4) is 0 Å². The minimum absolute atomic E-state index is 0. The first-order valence-corrected chi connectivity index (χ1v) is 9.04. The first-order valence-electron chi connectivity index (χ1n) is 9.04. The van der Waals surface area contributed by atoms with Crippen molar-refractivity contribution < 1.29 is 16.9 Å². The summed E-state index contributed by atoms with van der Waals surface area (Å²) in [5.41, 5.74) is 4.80. The number of rotatable bonds is 0. The number of fused-ring (bicyclic) bond motifs is 4. The molecule has 0 N–H and O–H groups in total. The summed E-state index contributed by atoms with van der Waals surface area (Å²) < 4.78 is 1.32. The van der Waals surface area contributed by atoms with Gasteiger partial charge in [0.05, 0.1) is 13.1 Å². The SMILES string of the molecule is Cc1c2c(cc3c1ccc1ccccc13)C[N+]1(CCCCC1)C2.[Cl-]. The smallest absolute Gasteiger partial charge is 0.105 e. The molecule has 2 heterocycles. The fourth-order valence-electron chi connectivity index (χ4n) is 5.06. The predicted molar refractivity (Wildman–Crippen MR) is 97.4 cm³/mol. The van der Waals surface area contributed by atoms with Crippen molar-refractivity contribution in [3.8, 4) is 0 Å². The van der Waals surface area contributed by atoms with Gasteiger partial charge >= 0.3 is 0 Å². The van der Waals surface area contributed by atoms with Gasteiger partial charge in [0, 0.05) is 11.1 Å². The molecule has 5 rings (SSSR count). The van der Waals surface area contributed by atoms with Gasteiger partial charge in [-0.1, -0.05) is 36.4 Å². The molecule has 0 aromatic heterocycles. The van der Waals surface area contributed by atoms with E-state index in [2.05, 4.69) is 49.4 Å². The van der Waals surface area contributed by atoms with E-state index in [-0.39, 0.29) is 12.4 Å². The summed E-state index contributed by atoms with van der Waals surface area (Å²) in [6.07, 6.45) is 4.26. The second kappa shape index (κ2) is 5.75. The molecule has 0 saturated carbocycles. The largest absolute Gasteiger partial charge is 1.00 e. The Labute approximate surface area is 150 Å². The minimum Gasteiger partial charge on any atom is -1.00 e. The number of nitrogens with zero attached hydrogens (tertiary/aromatic N) is 1. The van der Waals surface area contributed by atoms with E-state index in [1.165, 1.54) is 77.0 Å². The van der Waals surface area contributed by atoms with Crippen LogP contribution in [-0.2, 0) is 13.1 Å². The topological polar surface area (TPSA) is 0 Å². The summed E-state index contributed by atoms with van der Waals surface area (Å²) in [7, 11) is 0. The highest BCUT2D eigenvalue weighted by Gasteiger charge is 2.38. The average Bonchev–Trinajstić information content (AvgIpc) is 2.93. The lowest BCUT2D eigenvalue weighted by Crippen LogP contribution is -3.00. The standard InChI is InChI=1S/C22H24N.ClH/c1-16-19-10-9-17-7-3-4-8-20(17)21(19)13-18-14-23(15-22(16)18)11-5-2-6-12-23;/h3-4,7-10,13H,2,5-6,11-12,14-15H2,1H3;1H/q+1;/p-1. The molecule has 1 saturated heterocycles. The molecule has 0 unspecified atom stereocenters. The fraction of sp³-hybridized carbons (Fsp3) is 0.364. The highest BCUT2D eigenvalue weighted by molar-refractivity contribution is 6.09. The Morgan fingerprint density at radius 2 is 1.58 bits per heavy atom. The van der Waals surface area contributed by atoms with Gasteiger partial charge in [-0.3, -0.25) is 0 Å². The number of aryl methyl sites for hydroxylation is 1. The van der Waals surface area contributed by atoms with Crippen LogP contribution in [0.5, 0.6) is 0 Å². The summed E-state index contributed by atoms with van der Waals surface area (Å²) in [6.45, 7) is 7.64. The van der Waals surface area contributed by atoms with Crippen molar-refractivity contribution in [2.75, 3.05) is 13.1 Å². The zero-order chi connectivity index (χ0) is 15.4. The van der Waals surface area contributed by atoms with Crippen LogP contribution in [0.15, 0.2) is 42.5 Å². The quantitative estimate of drug-likeness (QED) is 0.436. The molecule has 0 radical (unpaired) electrons. The molecule has 1 spiro atoms. The van der Waals surface area contributed by atoms with Gasteiger partial charge in [0.1, 0.15) is 13.1 Å². The molecule has 3 aromatic rings. The van der Waals surface area contributed by atoms with Crippen molar-refractivity contribution in [3.63, 3.8) is 0 Å². The molecular formula is C22H24ClN. The maximum absolute atomic E-state index is 2.52. The Balaban J connectivity index is 0.00000146. The summed E-state index contributed by atoms with van der Waals surface area (Å²) in [6, 6.07) is 16.0. The third-order valence-corrected chi connectivity index (χ3v) is 6.30. The van der Waals surface area contributed by atoms with E-state index in [4.69, 9.17) is 0 Å². The van der Waals surface area contributed by atoms with Gasteiger partial charge in [0.15, 0.2) is 0 Å². The fourth-order valence-corrected chi connectivity index (χ4v) is 5.06. The highest BCUT2D eigenvalue weighted by atomic mass is 35.5. The summed E-state index contributed by atoms with van der Waals surface area (Å²) in [5, 5.41) is 5.68. The molecule has 24 heavy (non-hydrogen) atoms. The average molecular weight is 338 g/mol. The second-order valence-electron chi connectivity index (χ2n) is 7.69. The molecule has 1 fully saturated rings. The van der Waals surface area contributed by atoms with Crippen LogP contribution in [0.1, 0.15) is 36.0 Å². The Hall–Kier alpha value is -1.57. The molecule has 0 atom stereocenters. The van der Waals surface area contributed by atoms with Gasteiger partial charge in [0.2, 0.25) is 0 Å². The van der Waals surface area contributed by atoms with E-state index >= 15 is 0 Å². The number of quaternary nitrogens is 1. The van der Waals surface area contributed by atoms with Crippen LogP contribution in [0.4, 0.5) is 0 Å². The normalized spacial score (nSPS) is 18.7. The lowest BCUT2D eigenvalue weighted by Gasteiger charge is -2.37. The first-order chi connectivity index (χ1) is 11.3.